The second-order valence-corrected chi connectivity index (χ2v) is 6.95. The molecule has 1 unspecified atom stereocenters. The maximum Gasteiger partial charge on any atom is 0.424 e. The average molecular weight is 535 g/mol. The predicted molar refractivity (Wildman–Crippen MR) is 117 cm³/mol. The third-order valence-corrected chi connectivity index (χ3v) is 4.13. The minimum absolute atomic E-state index is 0. The summed E-state index contributed by atoms with van der Waals surface area (Å²) in [5.74, 6) is 0.490. The van der Waals surface area contributed by atoms with Gasteiger partial charge in [-0.25, -0.2) is 4.98 Å². The maximum atomic E-state index is 13.5. The van der Waals surface area contributed by atoms with Crippen LogP contribution in [0, 0.1) is 5.92 Å². The van der Waals surface area contributed by atoms with Crippen molar-refractivity contribution in [2.45, 2.75) is 45.4 Å². The van der Waals surface area contributed by atoms with E-state index in [2.05, 4.69) is 34.5 Å². The number of alkyl halides is 3. The number of ether oxygens (including phenoxy) is 1. The topological polar surface area (TPSA) is 83.7 Å². The van der Waals surface area contributed by atoms with Crippen molar-refractivity contribution in [3.05, 3.63) is 18.2 Å². The van der Waals surface area contributed by atoms with Gasteiger partial charge in [0.1, 0.15) is 5.82 Å². The molecule has 0 spiro atoms. The zero-order chi connectivity index (χ0) is 21.2. The largest absolute Gasteiger partial charge is 0.424 e. The van der Waals surface area contributed by atoms with Crippen LogP contribution in [-0.4, -0.2) is 59.6 Å². The van der Waals surface area contributed by atoms with Gasteiger partial charge in [0, 0.05) is 52.1 Å². The summed E-state index contributed by atoms with van der Waals surface area (Å²) in [4.78, 5) is 7.81. The smallest absolute Gasteiger partial charge is 0.380 e. The minimum atomic E-state index is -4.86. The van der Waals surface area contributed by atoms with Crippen molar-refractivity contribution in [1.29, 1.82) is 0 Å². The van der Waals surface area contributed by atoms with Crippen LogP contribution in [0.5, 0.6) is 0 Å². The Labute approximate surface area is 187 Å². The molecule has 3 N–H and O–H groups in total. The van der Waals surface area contributed by atoms with Crippen molar-refractivity contribution in [3.63, 3.8) is 0 Å². The van der Waals surface area contributed by atoms with Crippen LogP contribution in [-0.2, 0) is 17.4 Å². The summed E-state index contributed by atoms with van der Waals surface area (Å²) in [7, 11) is 1.41. The summed E-state index contributed by atoms with van der Waals surface area (Å²) in [6, 6.07) is 0. The number of hydrogen-bond acceptors (Lipinski definition) is 4. The van der Waals surface area contributed by atoms with E-state index in [9.17, 15) is 18.3 Å². The monoisotopic (exact) mass is 535 g/mol. The summed E-state index contributed by atoms with van der Waals surface area (Å²) >= 11 is 0. The van der Waals surface area contributed by atoms with Crippen molar-refractivity contribution in [2.75, 3.05) is 32.8 Å². The molecular weight excluding hydrogens is 502 g/mol. The van der Waals surface area contributed by atoms with Gasteiger partial charge in [0.25, 0.3) is 0 Å². The van der Waals surface area contributed by atoms with E-state index >= 15 is 0 Å². The van der Waals surface area contributed by atoms with E-state index in [1.807, 2.05) is 6.92 Å². The molecule has 0 aliphatic rings. The molecule has 0 amide bonds. The van der Waals surface area contributed by atoms with E-state index in [0.717, 1.165) is 11.0 Å². The normalized spacial score (nSPS) is 14.4. The Hall–Kier alpha value is -1.08. The zero-order valence-corrected chi connectivity index (χ0v) is 19.8. The van der Waals surface area contributed by atoms with E-state index in [-0.39, 0.29) is 30.5 Å². The first-order chi connectivity index (χ1) is 13.1. The Bertz CT molecular complexity index is 611. The molecule has 7 nitrogen and oxygen atoms in total. The van der Waals surface area contributed by atoms with Gasteiger partial charge < -0.3 is 25.0 Å². The third-order valence-electron chi connectivity index (χ3n) is 4.13. The highest BCUT2D eigenvalue weighted by molar-refractivity contribution is 14.0. The van der Waals surface area contributed by atoms with Crippen LogP contribution in [0.15, 0.2) is 17.4 Å². The molecule has 0 bridgehead atoms. The Kier molecular flexibility index (Phi) is 12.8. The third kappa shape index (κ3) is 9.08. The van der Waals surface area contributed by atoms with Crippen LogP contribution in [0.25, 0.3) is 0 Å². The van der Waals surface area contributed by atoms with E-state index in [1.165, 1.54) is 19.4 Å². The molecule has 0 fully saturated rings. The summed E-state index contributed by atoms with van der Waals surface area (Å²) in [5.41, 5.74) is -3.06. The molecule has 1 rings (SSSR count). The number of nitrogens with one attached hydrogen (secondary N) is 2. The van der Waals surface area contributed by atoms with Crippen molar-refractivity contribution < 1.29 is 23.0 Å². The van der Waals surface area contributed by atoms with Crippen LogP contribution >= 0.6 is 24.0 Å². The lowest BCUT2D eigenvalue weighted by atomic mass is 9.98. The zero-order valence-electron chi connectivity index (χ0n) is 17.4. The number of imidazole rings is 1. The molecule has 0 radical (unpaired) electrons. The van der Waals surface area contributed by atoms with Crippen LogP contribution in [0.4, 0.5) is 13.2 Å². The summed E-state index contributed by atoms with van der Waals surface area (Å²) in [6.45, 7) is 8.03. The van der Waals surface area contributed by atoms with Crippen LogP contribution in [0.3, 0.4) is 0 Å². The van der Waals surface area contributed by atoms with E-state index in [0.29, 0.717) is 38.2 Å². The average Bonchev–Trinajstić information content (AvgIpc) is 3.03. The van der Waals surface area contributed by atoms with Crippen molar-refractivity contribution >= 4 is 29.9 Å². The fraction of sp³-hybridized carbons (Fsp3) is 0.778. The summed E-state index contributed by atoms with van der Waals surface area (Å²) in [6.07, 6.45) is -1.95. The summed E-state index contributed by atoms with van der Waals surface area (Å²) < 4.78 is 47.2. The number of aromatic nitrogens is 2. The van der Waals surface area contributed by atoms with E-state index in [1.54, 1.807) is 0 Å². The highest BCUT2D eigenvalue weighted by atomic mass is 127. The molecule has 1 heterocycles. The Morgan fingerprint density at radius 1 is 1.31 bits per heavy atom. The Morgan fingerprint density at radius 3 is 2.52 bits per heavy atom. The van der Waals surface area contributed by atoms with Gasteiger partial charge in [0.05, 0.1) is 6.61 Å². The van der Waals surface area contributed by atoms with Gasteiger partial charge in [-0.3, -0.25) is 4.99 Å². The first kappa shape index (κ1) is 27.9. The number of guanidine groups is 1. The molecule has 29 heavy (non-hydrogen) atoms. The molecule has 1 aromatic rings. The van der Waals surface area contributed by atoms with Crippen LogP contribution in [0.2, 0.25) is 0 Å². The molecule has 1 aromatic heterocycles. The lowest BCUT2D eigenvalue weighted by Crippen LogP contribution is -2.45. The molecular formula is C18H33F3IN5O2. The van der Waals surface area contributed by atoms with Gasteiger partial charge in [-0.05, 0) is 19.3 Å². The van der Waals surface area contributed by atoms with Gasteiger partial charge in [-0.15, -0.1) is 24.0 Å². The molecule has 0 aliphatic heterocycles. The number of nitrogens with zero attached hydrogens (tertiary/aromatic N) is 3. The van der Waals surface area contributed by atoms with Gasteiger partial charge in [-0.2, -0.15) is 13.2 Å². The van der Waals surface area contributed by atoms with Gasteiger partial charge >= 0.3 is 6.18 Å². The second-order valence-electron chi connectivity index (χ2n) is 6.95. The first-order valence-corrected chi connectivity index (χ1v) is 9.48. The molecule has 0 saturated heterocycles. The standard InChI is InChI=1S/C18H32F3N5O2.HI/c1-5-22-16(25-10-13-28-12-6-14(2)3)24-8-7-17(27,18(19,20)21)15-23-9-11-26(15)4;/h9,11,14,27H,5-8,10,12-13H2,1-4H3,(H2,22,24,25);1H. The predicted octanol–water partition coefficient (Wildman–Crippen LogP) is 2.80. The van der Waals surface area contributed by atoms with E-state index < -0.39 is 24.0 Å². The fourth-order valence-corrected chi connectivity index (χ4v) is 2.48. The SMILES string of the molecule is CCNC(=NCCC(O)(c1nccn1C)C(F)(F)F)NCCOCCC(C)C.I. The highest BCUT2D eigenvalue weighted by Gasteiger charge is 2.57. The fourth-order valence-electron chi connectivity index (χ4n) is 2.48. The number of halogens is 4. The molecule has 11 heteroatoms. The van der Waals surface area contributed by atoms with Gasteiger partial charge in [0.15, 0.2) is 5.96 Å². The molecule has 0 saturated carbocycles. The van der Waals surface area contributed by atoms with Crippen molar-refractivity contribution in [2.24, 2.45) is 18.0 Å². The number of aliphatic hydroxyl groups is 1. The van der Waals surface area contributed by atoms with Crippen molar-refractivity contribution in [1.82, 2.24) is 20.2 Å². The molecule has 0 aromatic carbocycles. The molecule has 0 aliphatic carbocycles. The highest BCUT2D eigenvalue weighted by Crippen LogP contribution is 2.40. The summed E-state index contributed by atoms with van der Waals surface area (Å²) in [5, 5.41) is 16.3. The number of aryl methyl sites for hydroxylation is 1. The van der Waals surface area contributed by atoms with Gasteiger partial charge in [0.2, 0.25) is 5.60 Å². The second kappa shape index (κ2) is 13.3. The number of rotatable bonds is 11. The molecule has 1 atom stereocenters. The Morgan fingerprint density at radius 2 is 2.00 bits per heavy atom. The Balaban J connectivity index is 0.00000784. The lowest BCUT2D eigenvalue weighted by Gasteiger charge is -2.29. The number of aliphatic imine (C=N–C) groups is 1. The maximum absolute atomic E-state index is 13.5. The van der Waals surface area contributed by atoms with E-state index in [4.69, 9.17) is 4.74 Å². The van der Waals surface area contributed by atoms with Gasteiger partial charge in [-0.1, -0.05) is 13.8 Å². The number of hydrogen-bond donors (Lipinski definition) is 3. The van der Waals surface area contributed by atoms with Crippen LogP contribution in [0.1, 0.15) is 39.4 Å². The van der Waals surface area contributed by atoms with Crippen LogP contribution < -0.4 is 10.6 Å². The van der Waals surface area contributed by atoms with Crippen molar-refractivity contribution in [3.8, 4) is 0 Å². The molecule has 170 valence electrons. The quantitative estimate of drug-likeness (QED) is 0.176. The first-order valence-electron chi connectivity index (χ1n) is 9.48. The minimum Gasteiger partial charge on any atom is -0.380 e. The lowest BCUT2D eigenvalue weighted by molar-refractivity contribution is -0.272.